The zero-order valence-corrected chi connectivity index (χ0v) is 15.0. The Morgan fingerprint density at radius 1 is 0.955 bits per heavy atom. The minimum atomic E-state index is -1.91. The second kappa shape index (κ2) is 12.9. The van der Waals surface area contributed by atoms with Crippen molar-refractivity contribution < 1.29 is 9.09 Å². The van der Waals surface area contributed by atoms with Crippen LogP contribution in [0.2, 0.25) is 0 Å². The van der Waals surface area contributed by atoms with Crippen LogP contribution < -0.4 is 5.73 Å². The van der Waals surface area contributed by atoms with Gasteiger partial charge in [-0.1, -0.05) is 63.3 Å². The molecule has 1 rings (SSSR count). The van der Waals surface area contributed by atoms with Crippen LogP contribution in [0.15, 0.2) is 24.3 Å². The van der Waals surface area contributed by atoms with Gasteiger partial charge >= 0.3 is 0 Å². The van der Waals surface area contributed by atoms with Crippen LogP contribution in [-0.4, -0.2) is 12.7 Å². The van der Waals surface area contributed by atoms with E-state index in [1.807, 2.05) is 0 Å². The van der Waals surface area contributed by atoms with E-state index in [9.17, 15) is 4.57 Å². The molecule has 4 heteroatoms. The predicted molar refractivity (Wildman–Crippen MR) is 95.9 cm³/mol. The van der Waals surface area contributed by atoms with Gasteiger partial charge < -0.3 is 10.3 Å². The van der Waals surface area contributed by atoms with E-state index >= 15 is 0 Å². The van der Waals surface area contributed by atoms with Crippen LogP contribution in [-0.2, 0) is 22.1 Å². The Labute approximate surface area is 136 Å². The summed E-state index contributed by atoms with van der Waals surface area (Å²) < 4.78 is 17.0. The molecule has 1 aromatic carbocycles. The summed E-state index contributed by atoms with van der Waals surface area (Å²) in [6, 6.07) is 8.51. The monoisotopic (exact) mass is 325 g/mol. The Hall–Kier alpha value is -0.630. The smallest absolute Gasteiger partial charge is 0.191 e. The fraction of sp³-hybridized carbons (Fsp3) is 0.667. The summed E-state index contributed by atoms with van der Waals surface area (Å²) in [5.74, 6) is 0. The van der Waals surface area contributed by atoms with Crippen molar-refractivity contribution in [1.82, 2.24) is 0 Å². The summed E-state index contributed by atoms with van der Waals surface area (Å²) in [6.45, 7) is 3.27. The normalized spacial score (nSPS) is 12.5. The Kier molecular flexibility index (Phi) is 11.4. The van der Waals surface area contributed by atoms with Gasteiger partial charge in [0.1, 0.15) is 0 Å². The largest absolute Gasteiger partial charge is 0.330 e. The summed E-state index contributed by atoms with van der Waals surface area (Å²) in [5.41, 5.74) is 7.88. The molecular formula is C18H32NO2P. The molecule has 0 aliphatic rings. The highest BCUT2D eigenvalue weighted by Crippen LogP contribution is 2.24. The van der Waals surface area contributed by atoms with Gasteiger partial charge in [0.05, 0.1) is 6.61 Å². The molecule has 1 unspecified atom stereocenters. The standard InChI is InChI=1S/C18H32NO2P/c1-2-3-4-5-6-7-9-17-10-12-18(13-11-17)16-21-22(20)15-8-14-19/h10-13,22H,2-9,14-16,19H2,1H3. The maximum absolute atomic E-state index is 11.6. The number of aryl methyl sites for hydroxylation is 1. The molecule has 3 nitrogen and oxygen atoms in total. The van der Waals surface area contributed by atoms with Crippen LogP contribution in [0.3, 0.4) is 0 Å². The van der Waals surface area contributed by atoms with Crippen molar-refractivity contribution in [2.24, 2.45) is 5.73 Å². The second-order valence-electron chi connectivity index (χ2n) is 5.89. The molecule has 0 bridgehead atoms. The molecule has 1 atom stereocenters. The molecule has 0 spiro atoms. The van der Waals surface area contributed by atoms with Crippen LogP contribution >= 0.6 is 8.03 Å². The van der Waals surface area contributed by atoms with Gasteiger partial charge in [0.15, 0.2) is 8.03 Å². The van der Waals surface area contributed by atoms with Crippen molar-refractivity contribution in [3.05, 3.63) is 35.4 Å². The Balaban J connectivity index is 2.18. The number of hydrogen-bond donors (Lipinski definition) is 1. The molecule has 0 aromatic heterocycles. The zero-order valence-electron chi connectivity index (χ0n) is 14.0. The molecular weight excluding hydrogens is 293 g/mol. The van der Waals surface area contributed by atoms with Crippen molar-refractivity contribution in [2.45, 2.75) is 64.9 Å². The van der Waals surface area contributed by atoms with E-state index in [0.29, 0.717) is 19.3 Å². The summed E-state index contributed by atoms with van der Waals surface area (Å²) in [4.78, 5) is 0. The van der Waals surface area contributed by atoms with Crippen LogP contribution in [0.4, 0.5) is 0 Å². The maximum atomic E-state index is 11.6. The van der Waals surface area contributed by atoms with E-state index in [0.717, 1.165) is 18.4 Å². The van der Waals surface area contributed by atoms with Gasteiger partial charge in [0, 0.05) is 6.16 Å². The van der Waals surface area contributed by atoms with E-state index < -0.39 is 8.03 Å². The molecule has 22 heavy (non-hydrogen) atoms. The summed E-state index contributed by atoms with van der Waals surface area (Å²) >= 11 is 0. The van der Waals surface area contributed by atoms with Gasteiger partial charge in [-0.15, -0.1) is 0 Å². The third-order valence-electron chi connectivity index (χ3n) is 3.83. The van der Waals surface area contributed by atoms with Gasteiger partial charge in [0.2, 0.25) is 0 Å². The SMILES string of the molecule is CCCCCCCCc1ccc(CO[PH](=O)CCCN)cc1. The first kappa shape index (κ1) is 19.4. The van der Waals surface area contributed by atoms with Crippen LogP contribution in [0.1, 0.15) is 63.0 Å². The Morgan fingerprint density at radius 3 is 2.27 bits per heavy atom. The fourth-order valence-electron chi connectivity index (χ4n) is 2.39. The van der Waals surface area contributed by atoms with Gasteiger partial charge in [-0.25, -0.2) is 0 Å². The number of hydrogen-bond acceptors (Lipinski definition) is 3. The van der Waals surface area contributed by atoms with Gasteiger partial charge in [-0.05, 0) is 36.9 Å². The molecule has 0 heterocycles. The molecule has 126 valence electrons. The summed E-state index contributed by atoms with van der Waals surface area (Å²) in [6.07, 6.45) is 10.5. The van der Waals surface area contributed by atoms with E-state index in [-0.39, 0.29) is 0 Å². The molecule has 0 saturated heterocycles. The van der Waals surface area contributed by atoms with Crippen LogP contribution in [0.5, 0.6) is 0 Å². The first-order valence-electron chi connectivity index (χ1n) is 8.69. The second-order valence-corrected chi connectivity index (χ2v) is 7.42. The van der Waals surface area contributed by atoms with Gasteiger partial charge in [-0.2, -0.15) is 0 Å². The van der Waals surface area contributed by atoms with Crippen molar-refractivity contribution in [1.29, 1.82) is 0 Å². The van der Waals surface area contributed by atoms with Gasteiger partial charge in [-0.3, -0.25) is 4.57 Å². The Bertz CT molecular complexity index is 406. The third kappa shape index (κ3) is 9.40. The van der Waals surface area contributed by atoms with Crippen molar-refractivity contribution >= 4 is 8.03 Å². The van der Waals surface area contributed by atoms with E-state index in [2.05, 4.69) is 31.2 Å². The third-order valence-corrected chi connectivity index (χ3v) is 5.05. The molecule has 0 aliphatic heterocycles. The Morgan fingerprint density at radius 2 is 1.59 bits per heavy atom. The van der Waals surface area contributed by atoms with Gasteiger partial charge in [0.25, 0.3) is 0 Å². The molecule has 0 amide bonds. The molecule has 0 saturated carbocycles. The highest BCUT2D eigenvalue weighted by Gasteiger charge is 2.01. The zero-order chi connectivity index (χ0) is 16.0. The molecule has 0 radical (unpaired) electrons. The highest BCUT2D eigenvalue weighted by atomic mass is 31.1. The lowest BCUT2D eigenvalue weighted by atomic mass is 10.0. The fourth-order valence-corrected chi connectivity index (χ4v) is 3.36. The molecule has 0 fully saturated rings. The average molecular weight is 325 g/mol. The predicted octanol–water partition coefficient (Wildman–Crippen LogP) is 4.93. The van der Waals surface area contributed by atoms with E-state index in [4.69, 9.17) is 10.3 Å². The van der Waals surface area contributed by atoms with Crippen molar-refractivity contribution in [3.63, 3.8) is 0 Å². The molecule has 0 aliphatic carbocycles. The summed E-state index contributed by atoms with van der Waals surface area (Å²) in [7, 11) is -1.91. The minimum Gasteiger partial charge on any atom is -0.330 e. The average Bonchev–Trinajstić information content (AvgIpc) is 2.55. The van der Waals surface area contributed by atoms with Crippen molar-refractivity contribution in [2.75, 3.05) is 12.7 Å². The lowest BCUT2D eigenvalue weighted by Crippen LogP contribution is -2.00. The quantitative estimate of drug-likeness (QED) is 0.413. The first-order chi connectivity index (χ1) is 10.8. The topological polar surface area (TPSA) is 52.3 Å². The first-order valence-corrected chi connectivity index (χ1v) is 10.2. The van der Waals surface area contributed by atoms with Crippen molar-refractivity contribution in [3.8, 4) is 0 Å². The lowest BCUT2D eigenvalue weighted by Gasteiger charge is -2.06. The number of nitrogens with two attached hydrogens (primary N) is 1. The van der Waals surface area contributed by atoms with Crippen LogP contribution in [0.25, 0.3) is 0 Å². The number of unbranched alkanes of at least 4 members (excludes halogenated alkanes) is 5. The highest BCUT2D eigenvalue weighted by molar-refractivity contribution is 7.39. The van der Waals surface area contributed by atoms with Crippen LogP contribution in [0, 0.1) is 0 Å². The molecule has 2 N–H and O–H groups in total. The lowest BCUT2D eigenvalue weighted by molar-refractivity contribution is 0.318. The summed E-state index contributed by atoms with van der Waals surface area (Å²) in [5, 5.41) is 0. The number of rotatable bonds is 13. The van der Waals surface area contributed by atoms with E-state index in [1.54, 1.807) is 0 Å². The number of benzene rings is 1. The maximum Gasteiger partial charge on any atom is 0.191 e. The molecule has 1 aromatic rings. The van der Waals surface area contributed by atoms with E-state index in [1.165, 1.54) is 44.1 Å². The minimum absolute atomic E-state index is 0.444.